The van der Waals surface area contributed by atoms with Crippen LogP contribution >= 0.6 is 15.9 Å². The maximum atomic E-state index is 4.57. The number of para-hydroxylation sites is 1. The molecule has 18 heavy (non-hydrogen) atoms. The van der Waals surface area contributed by atoms with Gasteiger partial charge in [0.05, 0.1) is 11.2 Å². The SMILES string of the molecule is CCCC1CN(c2cccc3cc(Br)cnc23)C1. The average Bonchev–Trinajstić information content (AvgIpc) is 2.32. The van der Waals surface area contributed by atoms with Crippen molar-refractivity contribution >= 4 is 32.5 Å². The fraction of sp³-hybridized carbons (Fsp3) is 0.400. The molecule has 1 aromatic heterocycles. The summed E-state index contributed by atoms with van der Waals surface area (Å²) in [6.07, 6.45) is 4.52. The van der Waals surface area contributed by atoms with E-state index in [4.69, 9.17) is 0 Å². The molecule has 3 rings (SSSR count). The molecular formula is C15H17BrN2. The minimum Gasteiger partial charge on any atom is -0.369 e. The minimum atomic E-state index is 0.876. The number of halogens is 1. The number of anilines is 1. The molecule has 0 amide bonds. The van der Waals surface area contributed by atoms with Gasteiger partial charge in [-0.1, -0.05) is 25.5 Å². The number of pyridine rings is 1. The highest BCUT2D eigenvalue weighted by Gasteiger charge is 2.27. The topological polar surface area (TPSA) is 16.1 Å². The van der Waals surface area contributed by atoms with Crippen molar-refractivity contribution in [3.63, 3.8) is 0 Å². The molecule has 0 bridgehead atoms. The number of hydrogen-bond donors (Lipinski definition) is 0. The molecule has 0 spiro atoms. The lowest BCUT2D eigenvalue weighted by atomic mass is 9.94. The van der Waals surface area contributed by atoms with Crippen molar-refractivity contribution < 1.29 is 0 Å². The molecule has 0 aliphatic carbocycles. The Balaban J connectivity index is 1.89. The predicted octanol–water partition coefficient (Wildman–Crippen LogP) is 4.23. The highest BCUT2D eigenvalue weighted by atomic mass is 79.9. The van der Waals surface area contributed by atoms with Crippen LogP contribution in [0.4, 0.5) is 5.69 Å². The Morgan fingerprint density at radius 3 is 3.00 bits per heavy atom. The lowest BCUT2D eigenvalue weighted by molar-refractivity contribution is 0.381. The summed E-state index contributed by atoms with van der Waals surface area (Å²) in [4.78, 5) is 7.01. The van der Waals surface area contributed by atoms with Gasteiger partial charge < -0.3 is 4.90 Å². The molecule has 0 atom stereocenters. The molecule has 0 N–H and O–H groups in total. The van der Waals surface area contributed by atoms with E-state index in [-0.39, 0.29) is 0 Å². The molecule has 1 saturated heterocycles. The summed E-state index contributed by atoms with van der Waals surface area (Å²) in [6.45, 7) is 4.63. The molecule has 0 radical (unpaired) electrons. The van der Waals surface area contributed by atoms with E-state index in [1.54, 1.807) is 0 Å². The third-order valence-corrected chi connectivity index (χ3v) is 4.08. The molecule has 2 nitrogen and oxygen atoms in total. The largest absolute Gasteiger partial charge is 0.369 e. The van der Waals surface area contributed by atoms with Crippen LogP contribution in [-0.4, -0.2) is 18.1 Å². The van der Waals surface area contributed by atoms with Crippen molar-refractivity contribution in [1.82, 2.24) is 4.98 Å². The van der Waals surface area contributed by atoms with E-state index in [0.717, 1.165) is 15.9 Å². The van der Waals surface area contributed by atoms with Crippen LogP contribution in [0.15, 0.2) is 34.9 Å². The second-order valence-electron chi connectivity index (χ2n) is 5.06. The molecule has 2 aromatic rings. The van der Waals surface area contributed by atoms with E-state index in [1.807, 2.05) is 6.20 Å². The fourth-order valence-corrected chi connectivity index (χ4v) is 3.08. The van der Waals surface area contributed by atoms with Gasteiger partial charge in [0.25, 0.3) is 0 Å². The molecule has 0 unspecified atom stereocenters. The van der Waals surface area contributed by atoms with Gasteiger partial charge in [-0.25, -0.2) is 0 Å². The number of fused-ring (bicyclic) bond motifs is 1. The first-order chi connectivity index (χ1) is 8.78. The summed E-state index contributed by atoms with van der Waals surface area (Å²) in [5.41, 5.74) is 2.41. The van der Waals surface area contributed by atoms with Crippen molar-refractivity contribution in [3.05, 3.63) is 34.9 Å². The monoisotopic (exact) mass is 304 g/mol. The highest BCUT2D eigenvalue weighted by Crippen LogP contribution is 2.32. The van der Waals surface area contributed by atoms with E-state index in [9.17, 15) is 0 Å². The van der Waals surface area contributed by atoms with E-state index >= 15 is 0 Å². The quantitative estimate of drug-likeness (QED) is 0.843. The lowest BCUT2D eigenvalue weighted by Gasteiger charge is -2.41. The molecule has 0 saturated carbocycles. The van der Waals surface area contributed by atoms with Crippen LogP contribution in [0, 0.1) is 5.92 Å². The molecule has 2 heterocycles. The molecule has 1 aliphatic rings. The molecule has 1 aromatic carbocycles. The number of hydrogen-bond acceptors (Lipinski definition) is 2. The Hall–Kier alpha value is -1.09. The second kappa shape index (κ2) is 4.88. The van der Waals surface area contributed by atoms with Crippen LogP contribution < -0.4 is 4.90 Å². The molecular weight excluding hydrogens is 288 g/mol. The first-order valence-electron chi connectivity index (χ1n) is 6.57. The molecule has 3 heteroatoms. The lowest BCUT2D eigenvalue weighted by Crippen LogP contribution is -2.46. The summed E-state index contributed by atoms with van der Waals surface area (Å²) in [5.74, 6) is 0.876. The van der Waals surface area contributed by atoms with Crippen LogP contribution in [0.25, 0.3) is 10.9 Å². The van der Waals surface area contributed by atoms with Crippen LogP contribution in [0.2, 0.25) is 0 Å². The fourth-order valence-electron chi connectivity index (χ4n) is 2.73. The zero-order valence-electron chi connectivity index (χ0n) is 10.6. The summed E-state index contributed by atoms with van der Waals surface area (Å²) >= 11 is 3.48. The van der Waals surface area contributed by atoms with Crippen molar-refractivity contribution in [2.24, 2.45) is 5.92 Å². The zero-order chi connectivity index (χ0) is 12.5. The van der Waals surface area contributed by atoms with Crippen molar-refractivity contribution in [2.45, 2.75) is 19.8 Å². The predicted molar refractivity (Wildman–Crippen MR) is 80.1 cm³/mol. The molecule has 94 valence electrons. The Labute approximate surface area is 116 Å². The third kappa shape index (κ3) is 2.12. The summed E-state index contributed by atoms with van der Waals surface area (Å²) < 4.78 is 1.04. The van der Waals surface area contributed by atoms with E-state index in [2.05, 4.69) is 57.0 Å². The normalized spacial score (nSPS) is 16.0. The summed E-state index contributed by atoms with van der Waals surface area (Å²) in [7, 11) is 0. The van der Waals surface area contributed by atoms with Gasteiger partial charge in [0.15, 0.2) is 0 Å². The standard InChI is InChI=1S/C15H17BrN2/c1-2-4-11-9-18(10-11)14-6-3-5-12-7-13(16)8-17-15(12)14/h3,5-8,11H,2,4,9-10H2,1H3. The van der Waals surface area contributed by atoms with Crippen molar-refractivity contribution in [2.75, 3.05) is 18.0 Å². The van der Waals surface area contributed by atoms with Gasteiger partial charge >= 0.3 is 0 Å². The Morgan fingerprint density at radius 1 is 1.39 bits per heavy atom. The average molecular weight is 305 g/mol. The van der Waals surface area contributed by atoms with Gasteiger partial charge in [-0.05, 0) is 40.4 Å². The maximum Gasteiger partial charge on any atom is 0.0936 e. The van der Waals surface area contributed by atoms with Crippen molar-refractivity contribution in [1.29, 1.82) is 0 Å². The van der Waals surface area contributed by atoms with E-state index < -0.39 is 0 Å². The maximum absolute atomic E-state index is 4.57. The van der Waals surface area contributed by atoms with Gasteiger partial charge in [-0.15, -0.1) is 0 Å². The number of benzene rings is 1. The van der Waals surface area contributed by atoms with Gasteiger partial charge in [-0.3, -0.25) is 4.98 Å². The number of nitrogens with zero attached hydrogens (tertiary/aromatic N) is 2. The zero-order valence-corrected chi connectivity index (χ0v) is 12.2. The van der Waals surface area contributed by atoms with Crippen LogP contribution in [0.1, 0.15) is 19.8 Å². The number of rotatable bonds is 3. The van der Waals surface area contributed by atoms with Crippen LogP contribution in [-0.2, 0) is 0 Å². The van der Waals surface area contributed by atoms with Crippen LogP contribution in [0.5, 0.6) is 0 Å². The van der Waals surface area contributed by atoms with Crippen molar-refractivity contribution in [3.8, 4) is 0 Å². The van der Waals surface area contributed by atoms with Gasteiger partial charge in [0.1, 0.15) is 0 Å². The first kappa shape index (κ1) is 12.0. The van der Waals surface area contributed by atoms with Crippen LogP contribution in [0.3, 0.4) is 0 Å². The molecule has 1 fully saturated rings. The Morgan fingerprint density at radius 2 is 2.22 bits per heavy atom. The first-order valence-corrected chi connectivity index (χ1v) is 7.36. The summed E-state index contributed by atoms with van der Waals surface area (Å²) in [6, 6.07) is 8.57. The summed E-state index contributed by atoms with van der Waals surface area (Å²) in [5, 5.41) is 1.21. The smallest absolute Gasteiger partial charge is 0.0936 e. The second-order valence-corrected chi connectivity index (χ2v) is 5.98. The van der Waals surface area contributed by atoms with E-state index in [0.29, 0.717) is 0 Å². The molecule has 1 aliphatic heterocycles. The Kier molecular flexibility index (Phi) is 3.25. The Bertz CT molecular complexity index is 561. The third-order valence-electron chi connectivity index (χ3n) is 3.65. The van der Waals surface area contributed by atoms with Gasteiger partial charge in [0.2, 0.25) is 0 Å². The highest BCUT2D eigenvalue weighted by molar-refractivity contribution is 9.10. The minimum absolute atomic E-state index is 0.876. The number of aromatic nitrogens is 1. The van der Waals surface area contributed by atoms with Gasteiger partial charge in [-0.2, -0.15) is 0 Å². The van der Waals surface area contributed by atoms with E-state index in [1.165, 1.54) is 37.0 Å². The van der Waals surface area contributed by atoms with Gasteiger partial charge in [0, 0.05) is 29.1 Å².